The Morgan fingerprint density at radius 1 is 0.862 bits per heavy atom. The van der Waals surface area contributed by atoms with Gasteiger partial charge in [-0.15, -0.1) is 13.2 Å². The molecule has 0 aliphatic carbocycles. The molecule has 156 valence electrons. The van der Waals surface area contributed by atoms with Crippen LogP contribution in [-0.4, -0.2) is 55.5 Å². The zero-order chi connectivity index (χ0) is 20.3. The highest BCUT2D eigenvalue weighted by molar-refractivity contribution is 5.66. The average Bonchev–Trinajstić information content (AvgIpc) is 3.11. The molecule has 2 aliphatic rings. The number of alkyl halides is 3. The fourth-order valence-electron chi connectivity index (χ4n) is 3.96. The van der Waals surface area contributed by atoms with Crippen LogP contribution in [0.2, 0.25) is 0 Å². The number of fused-ring (bicyclic) bond motifs is 1. The van der Waals surface area contributed by atoms with Crippen LogP contribution in [0.4, 0.5) is 13.2 Å². The minimum Gasteiger partial charge on any atom is -0.492 e. The Hall–Kier alpha value is -2.25. The van der Waals surface area contributed by atoms with Crippen LogP contribution in [0.25, 0.3) is 11.1 Å². The smallest absolute Gasteiger partial charge is 0.492 e. The van der Waals surface area contributed by atoms with Crippen molar-refractivity contribution in [1.29, 1.82) is 0 Å². The van der Waals surface area contributed by atoms with Gasteiger partial charge < -0.3 is 14.4 Å². The minimum absolute atomic E-state index is 0.215. The zero-order valence-electron chi connectivity index (χ0n) is 16.3. The standard InChI is InChI=1S/C22H25F3N2O2/c23-22(24,25)29-20-6-3-17(4-7-20)18-5-8-21-19(15-18)16-27(13-14-28-21)12-11-26-9-1-2-10-26/h3-8,15H,1-2,9-14,16H2. The van der Waals surface area contributed by atoms with Crippen LogP contribution in [0.15, 0.2) is 42.5 Å². The Balaban J connectivity index is 1.45. The van der Waals surface area contributed by atoms with Crippen molar-refractivity contribution in [3.05, 3.63) is 48.0 Å². The summed E-state index contributed by atoms with van der Waals surface area (Å²) >= 11 is 0. The normalized spacial score (nSPS) is 18.2. The van der Waals surface area contributed by atoms with Crippen molar-refractivity contribution in [3.8, 4) is 22.6 Å². The third-order valence-corrected chi connectivity index (χ3v) is 5.47. The minimum atomic E-state index is -4.68. The number of nitrogens with zero attached hydrogens (tertiary/aromatic N) is 2. The Morgan fingerprint density at radius 3 is 2.28 bits per heavy atom. The van der Waals surface area contributed by atoms with Crippen LogP contribution in [0.5, 0.6) is 11.5 Å². The van der Waals surface area contributed by atoms with E-state index in [9.17, 15) is 13.2 Å². The van der Waals surface area contributed by atoms with Gasteiger partial charge in [0.25, 0.3) is 0 Å². The van der Waals surface area contributed by atoms with Crippen molar-refractivity contribution in [2.24, 2.45) is 0 Å². The first-order valence-electron chi connectivity index (χ1n) is 10.0. The van der Waals surface area contributed by atoms with Gasteiger partial charge in [0, 0.05) is 31.7 Å². The summed E-state index contributed by atoms with van der Waals surface area (Å²) in [6.07, 6.45) is -2.09. The largest absolute Gasteiger partial charge is 0.573 e. The van der Waals surface area contributed by atoms with Gasteiger partial charge in [0.1, 0.15) is 18.1 Å². The second-order valence-corrected chi connectivity index (χ2v) is 7.57. The van der Waals surface area contributed by atoms with Crippen molar-refractivity contribution >= 4 is 0 Å². The first-order chi connectivity index (χ1) is 14.0. The molecule has 0 aromatic heterocycles. The number of ether oxygens (including phenoxy) is 2. The van der Waals surface area contributed by atoms with Crippen molar-refractivity contribution in [2.45, 2.75) is 25.7 Å². The van der Waals surface area contributed by atoms with Crippen molar-refractivity contribution in [3.63, 3.8) is 0 Å². The lowest BCUT2D eigenvalue weighted by molar-refractivity contribution is -0.274. The Morgan fingerprint density at radius 2 is 1.55 bits per heavy atom. The predicted molar refractivity (Wildman–Crippen MR) is 105 cm³/mol. The molecule has 2 aliphatic heterocycles. The molecule has 0 atom stereocenters. The van der Waals surface area contributed by atoms with Gasteiger partial charge in [-0.25, -0.2) is 0 Å². The van der Waals surface area contributed by atoms with Crippen molar-refractivity contribution in [1.82, 2.24) is 9.80 Å². The summed E-state index contributed by atoms with van der Waals surface area (Å²) in [4.78, 5) is 4.92. The fraction of sp³-hybridized carbons (Fsp3) is 0.455. The quantitative estimate of drug-likeness (QED) is 0.728. The highest BCUT2D eigenvalue weighted by Gasteiger charge is 2.31. The van der Waals surface area contributed by atoms with E-state index in [-0.39, 0.29) is 5.75 Å². The topological polar surface area (TPSA) is 24.9 Å². The van der Waals surface area contributed by atoms with Gasteiger partial charge in [-0.05, 0) is 61.3 Å². The van der Waals surface area contributed by atoms with E-state index < -0.39 is 6.36 Å². The van der Waals surface area contributed by atoms with Crippen LogP contribution < -0.4 is 9.47 Å². The molecule has 29 heavy (non-hydrogen) atoms. The van der Waals surface area contributed by atoms with Gasteiger partial charge in [-0.1, -0.05) is 18.2 Å². The molecule has 4 nitrogen and oxygen atoms in total. The molecular weight excluding hydrogens is 381 g/mol. The molecule has 0 N–H and O–H groups in total. The molecule has 0 spiro atoms. The second-order valence-electron chi connectivity index (χ2n) is 7.57. The lowest BCUT2D eigenvalue weighted by Gasteiger charge is -2.23. The number of rotatable bonds is 5. The molecule has 0 bridgehead atoms. The maximum atomic E-state index is 12.3. The van der Waals surface area contributed by atoms with Crippen molar-refractivity contribution in [2.75, 3.05) is 39.3 Å². The zero-order valence-corrected chi connectivity index (χ0v) is 16.3. The highest BCUT2D eigenvalue weighted by Crippen LogP contribution is 2.31. The maximum absolute atomic E-state index is 12.3. The first kappa shape index (κ1) is 20.0. The SMILES string of the molecule is FC(F)(F)Oc1ccc(-c2ccc3c(c2)CN(CCN2CCCC2)CCO3)cc1. The third kappa shape index (κ3) is 5.42. The van der Waals surface area contributed by atoms with E-state index in [1.807, 2.05) is 12.1 Å². The summed E-state index contributed by atoms with van der Waals surface area (Å²) in [7, 11) is 0. The van der Waals surface area contributed by atoms with E-state index in [1.54, 1.807) is 12.1 Å². The van der Waals surface area contributed by atoms with Gasteiger partial charge >= 0.3 is 6.36 Å². The molecule has 0 saturated carbocycles. The van der Waals surface area contributed by atoms with Crippen LogP contribution in [0, 0.1) is 0 Å². The van der Waals surface area contributed by atoms with Crippen LogP contribution in [-0.2, 0) is 6.54 Å². The lowest BCUT2D eigenvalue weighted by atomic mass is 10.0. The van der Waals surface area contributed by atoms with Crippen LogP contribution in [0.3, 0.4) is 0 Å². The Labute approximate surface area is 168 Å². The van der Waals surface area contributed by atoms with E-state index in [4.69, 9.17) is 4.74 Å². The molecule has 7 heteroatoms. The molecule has 1 saturated heterocycles. The second kappa shape index (κ2) is 8.63. The number of hydrogen-bond acceptors (Lipinski definition) is 4. The average molecular weight is 406 g/mol. The van der Waals surface area contributed by atoms with Crippen molar-refractivity contribution < 1.29 is 22.6 Å². The molecule has 0 amide bonds. The summed E-state index contributed by atoms with van der Waals surface area (Å²) in [5.41, 5.74) is 2.90. The predicted octanol–water partition coefficient (Wildman–Crippen LogP) is 4.54. The lowest BCUT2D eigenvalue weighted by Crippen LogP contribution is -2.34. The molecular formula is C22H25F3N2O2. The van der Waals surface area contributed by atoms with Gasteiger partial charge in [-0.2, -0.15) is 0 Å². The summed E-state index contributed by atoms with van der Waals surface area (Å²) < 4.78 is 46.9. The van der Waals surface area contributed by atoms with E-state index in [0.29, 0.717) is 6.61 Å². The summed E-state index contributed by atoms with van der Waals surface area (Å²) in [5, 5.41) is 0. The van der Waals surface area contributed by atoms with E-state index in [0.717, 1.165) is 48.6 Å². The Kier molecular flexibility index (Phi) is 5.96. The number of hydrogen-bond donors (Lipinski definition) is 0. The maximum Gasteiger partial charge on any atom is 0.573 e. The number of benzene rings is 2. The molecule has 4 rings (SSSR count). The fourth-order valence-corrected chi connectivity index (χ4v) is 3.96. The third-order valence-electron chi connectivity index (χ3n) is 5.47. The van der Waals surface area contributed by atoms with Crippen LogP contribution in [0.1, 0.15) is 18.4 Å². The number of likely N-dealkylation sites (tertiary alicyclic amines) is 1. The molecule has 2 aromatic rings. The number of halogens is 3. The molecule has 2 aromatic carbocycles. The van der Waals surface area contributed by atoms with Gasteiger partial charge in [0.2, 0.25) is 0 Å². The summed E-state index contributed by atoms with van der Waals surface area (Å²) in [5.74, 6) is 0.668. The van der Waals surface area contributed by atoms with Gasteiger partial charge in [0.05, 0.1) is 0 Å². The molecule has 2 heterocycles. The molecule has 0 unspecified atom stereocenters. The molecule has 1 fully saturated rings. The van der Waals surface area contributed by atoms with E-state index >= 15 is 0 Å². The first-order valence-corrected chi connectivity index (χ1v) is 10.0. The monoisotopic (exact) mass is 406 g/mol. The van der Waals surface area contributed by atoms with Crippen LogP contribution >= 0.6 is 0 Å². The Bertz CT molecular complexity index is 818. The summed E-state index contributed by atoms with van der Waals surface area (Å²) in [6.45, 7) is 6.84. The van der Waals surface area contributed by atoms with E-state index in [2.05, 4.69) is 20.6 Å². The molecule has 0 radical (unpaired) electrons. The van der Waals surface area contributed by atoms with Gasteiger partial charge in [0.15, 0.2) is 0 Å². The summed E-state index contributed by atoms with van der Waals surface area (Å²) in [6, 6.07) is 11.9. The highest BCUT2D eigenvalue weighted by atomic mass is 19.4. The van der Waals surface area contributed by atoms with Gasteiger partial charge in [-0.3, -0.25) is 4.90 Å². The van der Waals surface area contributed by atoms with E-state index in [1.165, 1.54) is 38.1 Å².